The second-order valence-electron chi connectivity index (χ2n) is 5.33. The van der Waals surface area contributed by atoms with E-state index in [0.29, 0.717) is 6.04 Å². The summed E-state index contributed by atoms with van der Waals surface area (Å²) in [6, 6.07) is 0.563. The summed E-state index contributed by atoms with van der Waals surface area (Å²) in [6.07, 6.45) is 16.9. The molecule has 1 N–H and O–H groups in total. The number of allylic oxidation sites excluding steroid dienone is 1. The van der Waals surface area contributed by atoms with Crippen molar-refractivity contribution in [2.75, 3.05) is 5.32 Å². The summed E-state index contributed by atoms with van der Waals surface area (Å²) in [7, 11) is 0. The van der Waals surface area contributed by atoms with E-state index in [-0.39, 0.29) is 0 Å². The molecule has 1 heterocycles. The highest BCUT2D eigenvalue weighted by Gasteiger charge is 2.20. The molecule has 0 radical (unpaired) electrons. The second kappa shape index (κ2) is 5.38. The second-order valence-corrected chi connectivity index (χ2v) is 6.12. The Labute approximate surface area is 122 Å². The topological polar surface area (TPSA) is 24.9 Å². The fourth-order valence-electron chi connectivity index (χ4n) is 2.90. The van der Waals surface area contributed by atoms with E-state index in [4.69, 9.17) is 6.42 Å². The number of terminal acetylenes is 1. The van der Waals surface area contributed by atoms with Gasteiger partial charge in [0.2, 0.25) is 0 Å². The lowest BCUT2D eigenvalue weighted by atomic mass is 9.95. The van der Waals surface area contributed by atoms with Crippen LogP contribution in [0.4, 0.5) is 5.82 Å². The van der Waals surface area contributed by atoms with Gasteiger partial charge in [0.05, 0.1) is 4.47 Å². The van der Waals surface area contributed by atoms with E-state index in [1.54, 1.807) is 0 Å². The summed E-state index contributed by atoms with van der Waals surface area (Å²) >= 11 is 3.68. The van der Waals surface area contributed by atoms with Crippen LogP contribution >= 0.6 is 15.9 Å². The van der Waals surface area contributed by atoms with Gasteiger partial charge in [-0.3, -0.25) is 0 Å². The van der Waals surface area contributed by atoms with Crippen molar-refractivity contribution in [1.29, 1.82) is 0 Å². The summed E-state index contributed by atoms with van der Waals surface area (Å²) < 4.78 is 1.06. The van der Waals surface area contributed by atoms with E-state index in [1.165, 1.54) is 43.2 Å². The molecular formula is C16H17BrN2. The van der Waals surface area contributed by atoms with Crippen molar-refractivity contribution in [3.8, 4) is 12.3 Å². The largest absolute Gasteiger partial charge is 0.366 e. The Bertz CT molecular complexity index is 563. The van der Waals surface area contributed by atoms with Crippen LogP contribution < -0.4 is 5.32 Å². The van der Waals surface area contributed by atoms with E-state index in [0.717, 1.165) is 22.3 Å². The smallest absolute Gasteiger partial charge is 0.141 e. The Morgan fingerprint density at radius 1 is 1.32 bits per heavy atom. The minimum atomic E-state index is 0.563. The average Bonchev–Trinajstić information content (AvgIpc) is 2.87. The monoisotopic (exact) mass is 316 g/mol. The lowest BCUT2D eigenvalue weighted by molar-refractivity contribution is 0.461. The first-order chi connectivity index (χ1) is 9.28. The fourth-order valence-corrected chi connectivity index (χ4v) is 3.48. The van der Waals surface area contributed by atoms with Crippen LogP contribution in [0, 0.1) is 12.3 Å². The minimum Gasteiger partial charge on any atom is -0.366 e. The summed E-state index contributed by atoms with van der Waals surface area (Å²) in [5.41, 5.74) is 3.45. The molecule has 3 heteroatoms. The number of hydrogen-bond acceptors (Lipinski definition) is 2. The molecule has 0 atom stereocenters. The van der Waals surface area contributed by atoms with Gasteiger partial charge in [0.25, 0.3) is 0 Å². The fraction of sp³-hybridized carbons (Fsp3) is 0.438. The van der Waals surface area contributed by atoms with E-state index < -0.39 is 0 Å². The van der Waals surface area contributed by atoms with Crippen LogP contribution in [-0.2, 0) is 6.42 Å². The lowest BCUT2D eigenvalue weighted by Crippen LogP contribution is -2.23. The van der Waals surface area contributed by atoms with Gasteiger partial charge in [0.1, 0.15) is 5.82 Å². The molecule has 0 spiro atoms. The van der Waals surface area contributed by atoms with Gasteiger partial charge in [-0.15, -0.1) is 6.42 Å². The first-order valence-corrected chi connectivity index (χ1v) is 7.68. The van der Waals surface area contributed by atoms with Crippen LogP contribution in [0.3, 0.4) is 0 Å². The number of pyridine rings is 1. The molecule has 2 aliphatic carbocycles. The molecule has 0 saturated heterocycles. The molecular weight excluding hydrogens is 300 g/mol. The van der Waals surface area contributed by atoms with Gasteiger partial charge in [-0.05, 0) is 46.0 Å². The van der Waals surface area contributed by atoms with Crippen molar-refractivity contribution in [1.82, 2.24) is 4.98 Å². The van der Waals surface area contributed by atoms with Crippen LogP contribution in [-0.4, -0.2) is 11.0 Å². The third-order valence-corrected chi connectivity index (χ3v) is 4.77. The van der Waals surface area contributed by atoms with Crippen molar-refractivity contribution in [3.63, 3.8) is 0 Å². The van der Waals surface area contributed by atoms with Crippen molar-refractivity contribution >= 4 is 27.8 Å². The van der Waals surface area contributed by atoms with Crippen LogP contribution in [0.15, 0.2) is 16.2 Å². The maximum absolute atomic E-state index is 5.48. The average molecular weight is 317 g/mol. The quantitative estimate of drug-likeness (QED) is 0.829. The number of hydrogen-bond donors (Lipinski definition) is 1. The Balaban J connectivity index is 1.84. The van der Waals surface area contributed by atoms with Crippen LogP contribution in [0.2, 0.25) is 0 Å². The Kier molecular flexibility index (Phi) is 3.61. The number of nitrogens with one attached hydrogen (secondary N) is 1. The van der Waals surface area contributed by atoms with E-state index in [1.807, 2.05) is 6.20 Å². The lowest BCUT2D eigenvalue weighted by Gasteiger charge is -2.24. The van der Waals surface area contributed by atoms with Crippen LogP contribution in [0.1, 0.15) is 43.2 Å². The maximum atomic E-state index is 5.48. The molecule has 0 aliphatic heterocycles. The SMILES string of the molecule is C#CC1=Cc2c(cnc(NC3CCCCC3)c2Br)C1. The van der Waals surface area contributed by atoms with Crippen molar-refractivity contribution in [2.24, 2.45) is 0 Å². The molecule has 0 amide bonds. The van der Waals surface area contributed by atoms with Crippen LogP contribution in [0.5, 0.6) is 0 Å². The Morgan fingerprint density at radius 2 is 2.11 bits per heavy atom. The van der Waals surface area contributed by atoms with Gasteiger partial charge in [-0.1, -0.05) is 25.2 Å². The first-order valence-electron chi connectivity index (χ1n) is 6.89. The normalized spacial score (nSPS) is 18.6. The van der Waals surface area contributed by atoms with Gasteiger partial charge in [-0.2, -0.15) is 0 Å². The standard InChI is InChI=1S/C16H17BrN2/c1-2-11-8-12-10-18-16(15(17)14(12)9-11)19-13-6-4-3-5-7-13/h1,9-10,13H,3-8H2,(H,18,19). The highest BCUT2D eigenvalue weighted by molar-refractivity contribution is 9.10. The Morgan fingerprint density at radius 3 is 2.84 bits per heavy atom. The van der Waals surface area contributed by atoms with E-state index in [2.05, 4.69) is 38.2 Å². The zero-order valence-electron chi connectivity index (χ0n) is 10.9. The maximum Gasteiger partial charge on any atom is 0.141 e. The molecule has 3 rings (SSSR count). The minimum absolute atomic E-state index is 0.563. The summed E-state index contributed by atoms with van der Waals surface area (Å²) in [5.74, 6) is 3.69. The molecule has 98 valence electrons. The molecule has 1 aromatic rings. The molecule has 2 nitrogen and oxygen atoms in total. The highest BCUT2D eigenvalue weighted by Crippen LogP contribution is 2.35. The molecule has 0 aromatic carbocycles. The number of halogens is 1. The van der Waals surface area contributed by atoms with E-state index in [9.17, 15) is 0 Å². The summed E-state index contributed by atoms with van der Waals surface area (Å²) in [4.78, 5) is 4.55. The zero-order valence-corrected chi connectivity index (χ0v) is 12.5. The van der Waals surface area contributed by atoms with Crippen molar-refractivity contribution in [2.45, 2.75) is 44.6 Å². The van der Waals surface area contributed by atoms with Gasteiger partial charge in [0.15, 0.2) is 0 Å². The van der Waals surface area contributed by atoms with Crippen LogP contribution in [0.25, 0.3) is 6.08 Å². The number of aromatic nitrogens is 1. The molecule has 2 aliphatic rings. The van der Waals surface area contributed by atoms with Crippen molar-refractivity contribution < 1.29 is 0 Å². The molecule has 19 heavy (non-hydrogen) atoms. The molecule has 0 unspecified atom stereocenters. The van der Waals surface area contributed by atoms with Gasteiger partial charge in [-0.25, -0.2) is 4.98 Å². The number of rotatable bonds is 2. The summed E-state index contributed by atoms with van der Waals surface area (Å²) in [5, 5.41) is 3.57. The Hall–Kier alpha value is -1.27. The molecule has 1 saturated carbocycles. The van der Waals surface area contributed by atoms with E-state index >= 15 is 0 Å². The first kappa shape index (κ1) is 12.7. The predicted molar refractivity (Wildman–Crippen MR) is 82.9 cm³/mol. The number of anilines is 1. The van der Waals surface area contributed by atoms with Gasteiger partial charge in [0, 0.05) is 24.2 Å². The van der Waals surface area contributed by atoms with Gasteiger partial charge >= 0.3 is 0 Å². The molecule has 1 fully saturated rings. The molecule has 0 bridgehead atoms. The number of fused-ring (bicyclic) bond motifs is 1. The predicted octanol–water partition coefficient (Wildman–Crippen LogP) is 4.16. The van der Waals surface area contributed by atoms with Gasteiger partial charge < -0.3 is 5.32 Å². The third kappa shape index (κ3) is 2.55. The third-order valence-electron chi connectivity index (χ3n) is 3.97. The summed E-state index contributed by atoms with van der Waals surface area (Å²) in [6.45, 7) is 0. The molecule has 1 aromatic heterocycles. The van der Waals surface area contributed by atoms with Crippen molar-refractivity contribution in [3.05, 3.63) is 27.4 Å². The highest BCUT2D eigenvalue weighted by atomic mass is 79.9. The zero-order chi connectivity index (χ0) is 13.2. The number of nitrogens with zero attached hydrogens (tertiary/aromatic N) is 1.